The van der Waals surface area contributed by atoms with Crippen LogP contribution in [0.5, 0.6) is 0 Å². The normalized spacial score (nSPS) is 15.8. The summed E-state index contributed by atoms with van der Waals surface area (Å²) in [7, 11) is 1.95. The molecule has 0 unspecified atom stereocenters. The number of hydrogen-bond acceptors (Lipinski definition) is 8. The number of pyridine rings is 2. The van der Waals surface area contributed by atoms with Crippen molar-refractivity contribution in [3.63, 3.8) is 0 Å². The van der Waals surface area contributed by atoms with Gasteiger partial charge in [0.15, 0.2) is 5.82 Å². The Kier molecular flexibility index (Phi) is 11.4. The lowest BCUT2D eigenvalue weighted by Gasteiger charge is -2.32. The molecule has 1 saturated carbocycles. The van der Waals surface area contributed by atoms with Crippen molar-refractivity contribution in [1.29, 1.82) is 0 Å². The van der Waals surface area contributed by atoms with Gasteiger partial charge in [0.2, 0.25) is 0 Å². The largest absolute Gasteiger partial charge is 0.386 e. The maximum Gasteiger partial charge on any atom is 0.163 e. The molecule has 2 fully saturated rings. The molecule has 2 aliphatic rings. The minimum absolute atomic E-state index is 0.500. The quantitative estimate of drug-likeness (QED) is 0.199. The third kappa shape index (κ3) is 8.06. The highest BCUT2D eigenvalue weighted by atomic mass is 32.2. The fraction of sp³-hybridized carbons (Fsp3) is 0.529. The lowest BCUT2D eigenvalue weighted by molar-refractivity contribution is 0.421. The monoisotopic (exact) mass is 602 g/mol. The summed E-state index contributed by atoms with van der Waals surface area (Å²) >= 11 is 1.77. The molecule has 0 amide bonds. The molecule has 0 bridgehead atoms. The maximum atomic E-state index is 5.25. The second-order valence-electron chi connectivity index (χ2n) is 12.4. The van der Waals surface area contributed by atoms with E-state index in [0.29, 0.717) is 11.3 Å². The predicted octanol–water partition coefficient (Wildman–Crippen LogP) is 7.59. The SMILES string of the molecule is CC.CC(C)(C)C.CCS/C=C(\NC)c1cc2c(-c3nc(N4CCNCC4)c4c(C5CCC5)cncc4n3)ccnc2[nH]1. The van der Waals surface area contributed by atoms with Crippen molar-refractivity contribution < 1.29 is 0 Å². The van der Waals surface area contributed by atoms with Gasteiger partial charge in [0.25, 0.3) is 0 Å². The first-order valence-electron chi connectivity index (χ1n) is 15.9. The third-order valence-electron chi connectivity index (χ3n) is 7.28. The van der Waals surface area contributed by atoms with Crippen LogP contribution in [0, 0.1) is 5.41 Å². The standard InChI is InChI=1S/C27H32N8S.C5H12.C2H6/c1-3-36-16-23(28-2)21-13-19-18(7-8-31-25(19)32-21)26-33-22-15-30-14-20(17-5-4-6-17)24(22)27(34-26)35-11-9-29-10-12-35;1-5(2,3)4;1-2/h7-8,13-17,28-29H,3-6,9-12H2,1-2H3,(H,31,32);1-4H3;1-2H3/b23-16-;;. The zero-order chi connectivity index (χ0) is 31.0. The molecule has 8 nitrogen and oxygen atoms in total. The number of H-pyrrole nitrogens is 1. The molecule has 1 saturated heterocycles. The van der Waals surface area contributed by atoms with Gasteiger partial charge >= 0.3 is 0 Å². The zero-order valence-corrected chi connectivity index (χ0v) is 28.2. The van der Waals surface area contributed by atoms with Crippen molar-refractivity contribution in [3.8, 4) is 11.4 Å². The number of hydrogen-bond donors (Lipinski definition) is 3. The lowest BCUT2D eigenvalue weighted by Crippen LogP contribution is -2.44. The Balaban J connectivity index is 0.000000551. The van der Waals surface area contributed by atoms with Crippen molar-refractivity contribution in [2.24, 2.45) is 5.41 Å². The van der Waals surface area contributed by atoms with E-state index in [1.807, 2.05) is 45.6 Å². The molecule has 0 spiro atoms. The van der Waals surface area contributed by atoms with Gasteiger partial charge in [-0.1, -0.05) is 54.9 Å². The molecule has 3 N–H and O–H groups in total. The summed E-state index contributed by atoms with van der Waals surface area (Å²) < 4.78 is 0. The second-order valence-corrected chi connectivity index (χ2v) is 13.5. The number of rotatable bonds is 7. The Hall–Kier alpha value is -3.17. The van der Waals surface area contributed by atoms with E-state index in [1.54, 1.807) is 11.8 Å². The Morgan fingerprint density at radius 1 is 1.12 bits per heavy atom. The Bertz CT molecular complexity index is 1500. The average molecular weight is 603 g/mol. The smallest absolute Gasteiger partial charge is 0.163 e. The van der Waals surface area contributed by atoms with E-state index in [-0.39, 0.29) is 0 Å². The minimum atomic E-state index is 0.500. The van der Waals surface area contributed by atoms with Gasteiger partial charge in [0.05, 0.1) is 23.1 Å². The fourth-order valence-electron chi connectivity index (χ4n) is 5.13. The van der Waals surface area contributed by atoms with Crippen LogP contribution in [-0.4, -0.2) is 63.9 Å². The molecule has 0 aromatic carbocycles. The van der Waals surface area contributed by atoms with Crippen molar-refractivity contribution >= 4 is 45.2 Å². The highest BCUT2D eigenvalue weighted by molar-refractivity contribution is 8.02. The number of piperazine rings is 1. The first kappa shape index (κ1) is 32.7. The molecular formula is C34H50N8S. The summed E-state index contributed by atoms with van der Waals surface area (Å²) in [5.74, 6) is 3.34. The Labute approximate surface area is 262 Å². The van der Waals surface area contributed by atoms with Crippen LogP contribution >= 0.6 is 11.8 Å². The number of fused-ring (bicyclic) bond motifs is 2. The van der Waals surface area contributed by atoms with Crippen LogP contribution in [-0.2, 0) is 0 Å². The summed E-state index contributed by atoms with van der Waals surface area (Å²) in [4.78, 5) is 25.4. The van der Waals surface area contributed by atoms with Crippen molar-refractivity contribution in [2.45, 2.75) is 73.6 Å². The van der Waals surface area contributed by atoms with E-state index in [4.69, 9.17) is 9.97 Å². The van der Waals surface area contributed by atoms with Crippen LogP contribution in [0.4, 0.5) is 5.82 Å². The first-order chi connectivity index (χ1) is 20.8. The van der Waals surface area contributed by atoms with Gasteiger partial charge in [-0.25, -0.2) is 15.0 Å². The first-order valence-corrected chi connectivity index (χ1v) is 16.9. The van der Waals surface area contributed by atoms with Crippen molar-refractivity contribution in [1.82, 2.24) is 35.6 Å². The van der Waals surface area contributed by atoms with Gasteiger partial charge in [0, 0.05) is 62.0 Å². The fourth-order valence-corrected chi connectivity index (χ4v) is 5.71. The van der Waals surface area contributed by atoms with E-state index >= 15 is 0 Å². The molecule has 5 heterocycles. The molecule has 9 heteroatoms. The average Bonchev–Trinajstić information content (AvgIpc) is 3.41. The number of nitrogens with zero attached hydrogens (tertiary/aromatic N) is 5. The lowest BCUT2D eigenvalue weighted by atomic mass is 9.79. The molecule has 0 atom stereocenters. The third-order valence-corrected chi connectivity index (χ3v) is 8.01. The van der Waals surface area contributed by atoms with Gasteiger partial charge in [0.1, 0.15) is 11.5 Å². The molecule has 6 rings (SSSR count). The van der Waals surface area contributed by atoms with Crippen molar-refractivity contribution in [3.05, 3.63) is 47.4 Å². The van der Waals surface area contributed by atoms with E-state index < -0.39 is 0 Å². The number of thioether (sulfide) groups is 1. The summed E-state index contributed by atoms with van der Waals surface area (Å²) in [6.45, 7) is 18.7. The van der Waals surface area contributed by atoms with Crippen LogP contribution in [0.3, 0.4) is 0 Å². The van der Waals surface area contributed by atoms with Gasteiger partial charge < -0.3 is 20.5 Å². The summed E-state index contributed by atoms with van der Waals surface area (Å²) in [5, 5.41) is 11.1. The molecule has 1 aliphatic heterocycles. The van der Waals surface area contributed by atoms with E-state index in [0.717, 1.165) is 77.1 Å². The topological polar surface area (TPSA) is 94.7 Å². The van der Waals surface area contributed by atoms with Crippen LogP contribution in [0.15, 0.2) is 36.1 Å². The summed E-state index contributed by atoms with van der Waals surface area (Å²) in [5.41, 5.74) is 6.59. The van der Waals surface area contributed by atoms with Crippen LogP contribution in [0.1, 0.15) is 84.9 Å². The van der Waals surface area contributed by atoms with E-state index in [1.165, 1.54) is 30.2 Å². The minimum Gasteiger partial charge on any atom is -0.386 e. The Morgan fingerprint density at radius 3 is 2.47 bits per heavy atom. The van der Waals surface area contributed by atoms with E-state index in [2.05, 4.69) is 76.6 Å². The molecular weight excluding hydrogens is 552 g/mol. The predicted molar refractivity (Wildman–Crippen MR) is 186 cm³/mol. The molecule has 232 valence electrons. The van der Waals surface area contributed by atoms with Gasteiger partial charge in [-0.3, -0.25) is 4.98 Å². The van der Waals surface area contributed by atoms with Gasteiger partial charge in [-0.15, -0.1) is 11.8 Å². The number of aromatic amines is 1. The molecule has 0 radical (unpaired) electrons. The van der Waals surface area contributed by atoms with E-state index in [9.17, 15) is 0 Å². The Morgan fingerprint density at radius 2 is 1.84 bits per heavy atom. The highest BCUT2D eigenvalue weighted by Gasteiger charge is 2.27. The van der Waals surface area contributed by atoms with Gasteiger partial charge in [-0.2, -0.15) is 0 Å². The van der Waals surface area contributed by atoms with Crippen molar-refractivity contribution in [2.75, 3.05) is 43.9 Å². The number of anilines is 1. The summed E-state index contributed by atoms with van der Waals surface area (Å²) in [6, 6.07) is 4.17. The number of nitrogens with one attached hydrogen (secondary N) is 3. The molecule has 1 aliphatic carbocycles. The second kappa shape index (κ2) is 15.0. The van der Waals surface area contributed by atoms with Gasteiger partial charge in [-0.05, 0) is 53.0 Å². The molecule has 4 aromatic rings. The van der Waals surface area contributed by atoms with Crippen LogP contribution < -0.4 is 15.5 Å². The van der Waals surface area contributed by atoms with Crippen LogP contribution in [0.2, 0.25) is 0 Å². The zero-order valence-electron chi connectivity index (χ0n) is 27.3. The summed E-state index contributed by atoms with van der Waals surface area (Å²) in [6.07, 6.45) is 9.51. The number of aromatic nitrogens is 5. The molecule has 43 heavy (non-hydrogen) atoms. The maximum absolute atomic E-state index is 5.25. The molecule has 4 aromatic heterocycles. The van der Waals surface area contributed by atoms with Crippen LogP contribution in [0.25, 0.3) is 39.0 Å². The highest BCUT2D eigenvalue weighted by Crippen LogP contribution is 2.42.